The van der Waals surface area contributed by atoms with E-state index in [4.69, 9.17) is 0 Å². The SMILES string of the molecule is Cc1cc2c3c(c1)N1c4c(cc(C(C)(C)C)cc4C4(C)CCCCC14C)B3c1ccc(N3c4ccc(C(C)(C)C)cc4C4(C)CCCCC34C)cc1N2c1ccc2c(c1)C(C)(C)c1ccccc1-2. The predicted molar refractivity (Wildman–Crippen MR) is 291 cm³/mol. The second-order valence-corrected chi connectivity index (χ2v) is 26.1. The van der Waals surface area contributed by atoms with Crippen molar-refractivity contribution in [3.63, 3.8) is 0 Å². The summed E-state index contributed by atoms with van der Waals surface area (Å²) in [5.74, 6) is 0. The maximum absolute atomic E-state index is 2.91. The molecule has 4 atom stereocenters. The van der Waals surface area contributed by atoms with Crippen LogP contribution in [-0.4, -0.2) is 17.8 Å². The van der Waals surface area contributed by atoms with Gasteiger partial charge in [-0.2, -0.15) is 0 Å². The summed E-state index contributed by atoms with van der Waals surface area (Å²) < 4.78 is 0. The lowest BCUT2D eigenvalue weighted by Crippen LogP contribution is -2.64. The molecule has 0 spiro atoms. The lowest BCUT2D eigenvalue weighted by atomic mass is 9.33. The minimum absolute atomic E-state index is 0.0110. The van der Waals surface area contributed by atoms with Gasteiger partial charge in [0.05, 0.1) is 11.1 Å². The Balaban J connectivity index is 1.11. The fourth-order valence-electron chi connectivity index (χ4n) is 15.7. The molecule has 4 heteroatoms. The zero-order valence-corrected chi connectivity index (χ0v) is 43.4. The van der Waals surface area contributed by atoms with Crippen LogP contribution in [0.2, 0.25) is 0 Å². The van der Waals surface area contributed by atoms with Crippen LogP contribution in [-0.2, 0) is 27.1 Å². The largest absolute Gasteiger partial charge is 0.335 e. The molecule has 0 amide bonds. The lowest BCUT2D eigenvalue weighted by Gasteiger charge is -2.53. The van der Waals surface area contributed by atoms with Crippen LogP contribution in [0.25, 0.3) is 11.1 Å². The minimum Gasteiger partial charge on any atom is -0.335 e. The Morgan fingerprint density at radius 2 is 1.09 bits per heavy atom. The molecule has 7 aliphatic rings. The molecule has 13 rings (SSSR count). The minimum atomic E-state index is -0.115. The second-order valence-electron chi connectivity index (χ2n) is 26.1. The third kappa shape index (κ3) is 5.18. The van der Waals surface area contributed by atoms with Gasteiger partial charge in [-0.25, -0.2) is 0 Å². The van der Waals surface area contributed by atoms with E-state index in [1.807, 2.05) is 0 Å². The smallest absolute Gasteiger partial charge is 0.252 e. The van der Waals surface area contributed by atoms with Gasteiger partial charge in [0.1, 0.15) is 0 Å². The number of hydrogen-bond acceptors (Lipinski definition) is 3. The van der Waals surface area contributed by atoms with Crippen LogP contribution in [0.1, 0.15) is 173 Å². The van der Waals surface area contributed by atoms with E-state index < -0.39 is 0 Å². The lowest BCUT2D eigenvalue weighted by molar-refractivity contribution is 0.195. The summed E-state index contributed by atoms with van der Waals surface area (Å²) >= 11 is 0. The summed E-state index contributed by atoms with van der Waals surface area (Å²) in [6, 6.07) is 42.3. The molecule has 6 aromatic carbocycles. The van der Waals surface area contributed by atoms with Crippen LogP contribution in [0.5, 0.6) is 0 Å². The third-order valence-corrected chi connectivity index (χ3v) is 20.1. The molecule has 3 nitrogen and oxygen atoms in total. The maximum atomic E-state index is 2.91. The molecule has 4 aliphatic heterocycles. The topological polar surface area (TPSA) is 9.72 Å². The van der Waals surface area contributed by atoms with Crippen molar-refractivity contribution < 1.29 is 0 Å². The highest BCUT2D eigenvalue weighted by Gasteiger charge is 2.62. The van der Waals surface area contributed by atoms with Crippen LogP contribution in [0, 0.1) is 6.92 Å². The number of hydrogen-bond donors (Lipinski definition) is 0. The van der Waals surface area contributed by atoms with E-state index in [0.29, 0.717) is 0 Å². The standard InChI is InChI=1S/C64H72BN3/c1-39-32-54-56-55(33-39)68-57-49(62(11)29-17-19-31-64(62,68)13)35-41(59(5,6)7)36-51(57)65(56)50-26-24-43(67-52-27-22-40(58(2,3)4)34-48(52)61(10)28-16-18-30-63(61,67)12)38-53(50)66(54)42-23-25-45-44-20-14-15-21-46(44)60(8,9)47(45)37-42/h14-15,20-27,32-38H,16-19,28-31H2,1-13H3. The van der Waals surface area contributed by atoms with Crippen molar-refractivity contribution in [2.75, 3.05) is 14.7 Å². The Morgan fingerprint density at radius 3 is 1.81 bits per heavy atom. The van der Waals surface area contributed by atoms with Gasteiger partial charge in [0.15, 0.2) is 0 Å². The molecule has 0 aromatic heterocycles. The van der Waals surface area contributed by atoms with Gasteiger partial charge >= 0.3 is 0 Å². The number of aryl methyl sites for hydroxylation is 1. The van der Waals surface area contributed by atoms with Gasteiger partial charge in [0, 0.05) is 56.1 Å². The molecule has 3 aliphatic carbocycles. The molecule has 68 heavy (non-hydrogen) atoms. The summed E-state index contributed by atoms with van der Waals surface area (Å²) in [6.07, 6.45) is 9.92. The van der Waals surface area contributed by atoms with Crippen LogP contribution in [0.4, 0.5) is 39.8 Å². The van der Waals surface area contributed by atoms with Gasteiger partial charge in [-0.3, -0.25) is 0 Å². The van der Waals surface area contributed by atoms with E-state index in [2.05, 4.69) is 208 Å². The van der Waals surface area contributed by atoms with Crippen LogP contribution in [0.15, 0.2) is 103 Å². The summed E-state index contributed by atoms with van der Waals surface area (Å²) in [7, 11) is 0. The normalized spacial score (nSPS) is 26.7. The van der Waals surface area contributed by atoms with Gasteiger partial charge in [-0.15, -0.1) is 0 Å². The van der Waals surface area contributed by atoms with E-state index in [1.165, 1.54) is 152 Å². The first-order valence-electron chi connectivity index (χ1n) is 26.4. The summed E-state index contributed by atoms with van der Waals surface area (Å²) in [5, 5.41) is 0. The Hall–Kier alpha value is -5.22. The first kappa shape index (κ1) is 42.9. The third-order valence-electron chi connectivity index (χ3n) is 20.1. The van der Waals surface area contributed by atoms with Gasteiger partial charge in [0.2, 0.25) is 0 Å². The molecule has 0 bridgehead atoms. The number of anilines is 7. The molecular weight excluding hydrogens is 822 g/mol. The van der Waals surface area contributed by atoms with Crippen LogP contribution >= 0.6 is 0 Å². The highest BCUT2D eigenvalue weighted by atomic mass is 15.3. The fraction of sp³-hybridized carbons (Fsp3) is 0.438. The number of fused-ring (bicyclic) bond motifs is 13. The maximum Gasteiger partial charge on any atom is 0.252 e. The Labute approximate surface area is 408 Å². The second kappa shape index (κ2) is 13.3. The first-order chi connectivity index (χ1) is 32.1. The van der Waals surface area contributed by atoms with Crippen molar-refractivity contribution in [1.82, 2.24) is 0 Å². The van der Waals surface area contributed by atoms with Crippen molar-refractivity contribution >= 4 is 62.9 Å². The zero-order valence-electron chi connectivity index (χ0n) is 43.4. The summed E-state index contributed by atoms with van der Waals surface area (Å²) in [5.41, 5.74) is 26.9. The molecule has 6 aromatic rings. The van der Waals surface area contributed by atoms with E-state index >= 15 is 0 Å². The predicted octanol–water partition coefficient (Wildman–Crippen LogP) is 15.0. The molecule has 0 N–H and O–H groups in total. The molecule has 346 valence electrons. The highest BCUT2D eigenvalue weighted by molar-refractivity contribution is 7.00. The molecule has 4 unspecified atom stereocenters. The van der Waals surface area contributed by atoms with Crippen LogP contribution in [0.3, 0.4) is 0 Å². The molecular formula is C64H72BN3. The molecule has 0 saturated heterocycles. The van der Waals surface area contributed by atoms with Gasteiger partial charge < -0.3 is 14.7 Å². The average molecular weight is 894 g/mol. The Bertz CT molecular complexity index is 3200. The number of benzene rings is 6. The van der Waals surface area contributed by atoms with Crippen molar-refractivity contribution in [2.24, 2.45) is 0 Å². The summed E-state index contributed by atoms with van der Waals surface area (Å²) in [4.78, 5) is 8.45. The monoisotopic (exact) mass is 894 g/mol. The Morgan fingerprint density at radius 1 is 0.471 bits per heavy atom. The van der Waals surface area contributed by atoms with Gasteiger partial charge in [-0.1, -0.05) is 156 Å². The molecule has 2 fully saturated rings. The van der Waals surface area contributed by atoms with Gasteiger partial charge in [0.25, 0.3) is 6.71 Å². The first-order valence-corrected chi connectivity index (χ1v) is 26.4. The van der Waals surface area contributed by atoms with Crippen molar-refractivity contribution in [3.8, 4) is 11.1 Å². The average Bonchev–Trinajstić information content (AvgIpc) is 3.75. The van der Waals surface area contributed by atoms with E-state index in [-0.39, 0.29) is 44.9 Å². The molecule has 4 heterocycles. The number of rotatable bonds is 2. The quantitative estimate of drug-likeness (QED) is 0.160. The van der Waals surface area contributed by atoms with Gasteiger partial charge in [-0.05, 0) is 166 Å². The Kier molecular flexibility index (Phi) is 8.41. The van der Waals surface area contributed by atoms with Crippen molar-refractivity contribution in [3.05, 3.63) is 142 Å². The van der Waals surface area contributed by atoms with Crippen molar-refractivity contribution in [1.29, 1.82) is 0 Å². The molecule has 2 saturated carbocycles. The van der Waals surface area contributed by atoms with Crippen molar-refractivity contribution in [2.45, 2.75) is 180 Å². The van der Waals surface area contributed by atoms with E-state index in [9.17, 15) is 0 Å². The van der Waals surface area contributed by atoms with E-state index in [1.54, 1.807) is 5.56 Å². The summed E-state index contributed by atoms with van der Waals surface area (Å²) in [6.45, 7) is 32.2. The highest BCUT2D eigenvalue weighted by Crippen LogP contribution is 2.64. The number of nitrogens with zero attached hydrogens (tertiary/aromatic N) is 3. The van der Waals surface area contributed by atoms with E-state index in [0.717, 1.165) is 0 Å². The zero-order chi connectivity index (χ0) is 47.5. The fourth-order valence-corrected chi connectivity index (χ4v) is 15.7. The van der Waals surface area contributed by atoms with Crippen LogP contribution < -0.4 is 31.1 Å². The molecule has 0 radical (unpaired) electrons.